The number of para-hydroxylation sites is 3. The van der Waals surface area contributed by atoms with Crippen LogP contribution in [0.3, 0.4) is 0 Å². The third-order valence-corrected chi connectivity index (χ3v) is 12.4. The molecule has 5 aromatic heterocycles. The standard InChI is InChI=1S/C57H35N5O/c1-3-13-36(14-4-1)49-34-56(60-57(59-49)38-15-5-2-6-16-38)62-51-21-11-8-18-43(51)46-32-40(26-30-53(46)62)39-25-29-52-45(31-39)42-17-7-10-20-50(42)61(52)41-27-23-37(24-28-41)48-33-47-44-19-9-12-22-54(44)63-55(47)35-58-48/h1-35H. The van der Waals surface area contributed by atoms with Crippen molar-refractivity contribution in [1.82, 2.24) is 24.1 Å². The zero-order valence-corrected chi connectivity index (χ0v) is 33.9. The van der Waals surface area contributed by atoms with E-state index in [0.717, 1.165) is 94.7 Å². The molecule has 8 aromatic carbocycles. The summed E-state index contributed by atoms with van der Waals surface area (Å²) in [7, 11) is 0. The molecule has 13 rings (SSSR count). The molecule has 0 saturated heterocycles. The molecule has 13 aromatic rings. The lowest BCUT2D eigenvalue weighted by atomic mass is 10.0. The van der Waals surface area contributed by atoms with Crippen LogP contribution in [0.1, 0.15) is 0 Å². The normalized spacial score (nSPS) is 11.8. The molecule has 0 aliphatic carbocycles. The molecule has 6 heteroatoms. The second-order valence-electron chi connectivity index (χ2n) is 16.0. The van der Waals surface area contributed by atoms with Gasteiger partial charge in [-0.05, 0) is 71.8 Å². The lowest BCUT2D eigenvalue weighted by Gasteiger charge is -2.12. The van der Waals surface area contributed by atoms with E-state index in [4.69, 9.17) is 19.4 Å². The van der Waals surface area contributed by atoms with Crippen LogP contribution in [0.25, 0.3) is 122 Å². The Balaban J connectivity index is 0.915. The first-order valence-corrected chi connectivity index (χ1v) is 21.2. The number of benzene rings is 8. The highest BCUT2D eigenvalue weighted by Crippen LogP contribution is 2.39. The van der Waals surface area contributed by atoms with E-state index in [-0.39, 0.29) is 0 Å². The van der Waals surface area contributed by atoms with Crippen LogP contribution < -0.4 is 0 Å². The number of aromatic nitrogens is 5. The summed E-state index contributed by atoms with van der Waals surface area (Å²) in [6, 6.07) is 72.7. The molecule has 0 aliphatic rings. The summed E-state index contributed by atoms with van der Waals surface area (Å²) in [5, 5.41) is 6.93. The third-order valence-electron chi connectivity index (χ3n) is 12.4. The molecule has 0 radical (unpaired) electrons. The van der Waals surface area contributed by atoms with Crippen molar-refractivity contribution in [3.63, 3.8) is 0 Å². The first-order valence-electron chi connectivity index (χ1n) is 21.2. The first kappa shape index (κ1) is 35.2. The minimum atomic E-state index is 0.691. The van der Waals surface area contributed by atoms with Crippen LogP contribution in [0, 0.1) is 0 Å². The lowest BCUT2D eigenvalue weighted by Crippen LogP contribution is -2.02. The Labute approximate surface area is 361 Å². The first-order chi connectivity index (χ1) is 31.2. The number of pyridine rings is 1. The summed E-state index contributed by atoms with van der Waals surface area (Å²) in [6.45, 7) is 0. The van der Waals surface area contributed by atoms with Crippen LogP contribution in [0.2, 0.25) is 0 Å². The van der Waals surface area contributed by atoms with Crippen molar-refractivity contribution in [2.24, 2.45) is 0 Å². The average molecular weight is 806 g/mol. The molecule has 0 unspecified atom stereocenters. The number of nitrogens with zero attached hydrogens (tertiary/aromatic N) is 5. The number of fused-ring (bicyclic) bond motifs is 9. The fourth-order valence-electron chi connectivity index (χ4n) is 9.42. The molecule has 0 atom stereocenters. The van der Waals surface area contributed by atoms with Crippen molar-refractivity contribution in [3.8, 4) is 56.5 Å². The average Bonchev–Trinajstić information content (AvgIpc) is 4.01. The van der Waals surface area contributed by atoms with Gasteiger partial charge in [-0.3, -0.25) is 9.55 Å². The van der Waals surface area contributed by atoms with E-state index in [2.05, 4.69) is 173 Å². The molecule has 0 amide bonds. The van der Waals surface area contributed by atoms with E-state index in [0.29, 0.717) is 5.82 Å². The predicted molar refractivity (Wildman–Crippen MR) is 258 cm³/mol. The van der Waals surface area contributed by atoms with E-state index in [1.165, 1.54) is 21.5 Å². The van der Waals surface area contributed by atoms with Gasteiger partial charge in [0, 0.05) is 60.8 Å². The summed E-state index contributed by atoms with van der Waals surface area (Å²) in [5.41, 5.74) is 14.4. The van der Waals surface area contributed by atoms with Gasteiger partial charge in [-0.15, -0.1) is 0 Å². The Morgan fingerprint density at radius 2 is 0.873 bits per heavy atom. The van der Waals surface area contributed by atoms with E-state index in [9.17, 15) is 0 Å². The van der Waals surface area contributed by atoms with Crippen LogP contribution in [-0.4, -0.2) is 24.1 Å². The summed E-state index contributed by atoms with van der Waals surface area (Å²) in [6.07, 6.45) is 1.83. The van der Waals surface area contributed by atoms with Gasteiger partial charge in [0.15, 0.2) is 11.4 Å². The maximum Gasteiger partial charge on any atom is 0.162 e. The van der Waals surface area contributed by atoms with Crippen LogP contribution in [0.5, 0.6) is 0 Å². The van der Waals surface area contributed by atoms with Gasteiger partial charge in [0.05, 0.1) is 39.7 Å². The van der Waals surface area contributed by atoms with Gasteiger partial charge >= 0.3 is 0 Å². The summed E-state index contributed by atoms with van der Waals surface area (Å²) < 4.78 is 10.7. The highest BCUT2D eigenvalue weighted by atomic mass is 16.3. The zero-order chi connectivity index (χ0) is 41.4. The highest BCUT2D eigenvalue weighted by molar-refractivity contribution is 6.13. The van der Waals surface area contributed by atoms with E-state index >= 15 is 0 Å². The molecule has 0 saturated carbocycles. The van der Waals surface area contributed by atoms with Crippen LogP contribution in [0.4, 0.5) is 0 Å². The Kier molecular flexibility index (Phi) is 7.80. The van der Waals surface area contributed by atoms with Gasteiger partial charge in [0.2, 0.25) is 0 Å². The molecule has 5 heterocycles. The highest BCUT2D eigenvalue weighted by Gasteiger charge is 2.19. The molecule has 0 fully saturated rings. The molecule has 0 spiro atoms. The Morgan fingerprint density at radius 3 is 1.57 bits per heavy atom. The maximum absolute atomic E-state index is 6.05. The van der Waals surface area contributed by atoms with Gasteiger partial charge in [0.1, 0.15) is 11.4 Å². The monoisotopic (exact) mass is 805 g/mol. The summed E-state index contributed by atoms with van der Waals surface area (Å²) in [4.78, 5) is 15.1. The van der Waals surface area contributed by atoms with E-state index in [1.807, 2.05) is 48.7 Å². The van der Waals surface area contributed by atoms with Crippen molar-refractivity contribution >= 4 is 65.6 Å². The molecular formula is C57H35N5O. The van der Waals surface area contributed by atoms with Crippen LogP contribution >= 0.6 is 0 Å². The summed E-state index contributed by atoms with van der Waals surface area (Å²) in [5.74, 6) is 1.52. The Hall–Kier alpha value is -8.61. The Morgan fingerprint density at radius 1 is 0.333 bits per heavy atom. The largest absolute Gasteiger partial charge is 0.454 e. The van der Waals surface area contributed by atoms with Crippen molar-refractivity contribution in [1.29, 1.82) is 0 Å². The third kappa shape index (κ3) is 5.69. The van der Waals surface area contributed by atoms with E-state index in [1.54, 1.807) is 0 Å². The molecule has 63 heavy (non-hydrogen) atoms. The number of hydrogen-bond donors (Lipinski definition) is 0. The SMILES string of the molecule is c1ccc(-c2cc(-n3c4ccccc4c4cc(-c5ccc6c(c5)c5ccccc5n6-c5ccc(-c6cc7c(cn6)oc6ccccc67)cc5)ccc43)nc(-c3ccccc3)n2)cc1. The molecule has 0 aliphatic heterocycles. The van der Waals surface area contributed by atoms with Crippen molar-refractivity contribution in [2.75, 3.05) is 0 Å². The lowest BCUT2D eigenvalue weighted by molar-refractivity contribution is 0.667. The quantitative estimate of drug-likeness (QED) is 0.168. The van der Waals surface area contributed by atoms with Crippen molar-refractivity contribution in [2.45, 2.75) is 0 Å². The second-order valence-corrected chi connectivity index (χ2v) is 16.0. The van der Waals surface area contributed by atoms with Crippen molar-refractivity contribution in [3.05, 3.63) is 212 Å². The molecule has 6 nitrogen and oxygen atoms in total. The zero-order valence-electron chi connectivity index (χ0n) is 33.9. The minimum absolute atomic E-state index is 0.691. The van der Waals surface area contributed by atoms with E-state index < -0.39 is 0 Å². The number of hydrogen-bond acceptors (Lipinski definition) is 4. The minimum Gasteiger partial charge on any atom is -0.454 e. The Bertz CT molecular complexity index is 3840. The second kappa shape index (κ2) is 14.0. The number of rotatable bonds is 6. The molecule has 0 N–H and O–H groups in total. The van der Waals surface area contributed by atoms with Gasteiger partial charge in [0.25, 0.3) is 0 Å². The van der Waals surface area contributed by atoms with Crippen LogP contribution in [-0.2, 0) is 0 Å². The smallest absolute Gasteiger partial charge is 0.162 e. The van der Waals surface area contributed by atoms with Gasteiger partial charge in [-0.25, -0.2) is 9.97 Å². The van der Waals surface area contributed by atoms with Gasteiger partial charge in [-0.1, -0.05) is 140 Å². The van der Waals surface area contributed by atoms with Crippen molar-refractivity contribution < 1.29 is 4.42 Å². The molecular weight excluding hydrogens is 771 g/mol. The predicted octanol–water partition coefficient (Wildman–Crippen LogP) is 14.6. The maximum atomic E-state index is 6.05. The number of furan rings is 1. The fraction of sp³-hybridized carbons (Fsp3) is 0. The van der Waals surface area contributed by atoms with Gasteiger partial charge < -0.3 is 8.98 Å². The topological polar surface area (TPSA) is 61.7 Å². The van der Waals surface area contributed by atoms with Crippen LogP contribution in [0.15, 0.2) is 217 Å². The summed E-state index contributed by atoms with van der Waals surface area (Å²) >= 11 is 0. The fourth-order valence-corrected chi connectivity index (χ4v) is 9.42. The van der Waals surface area contributed by atoms with Gasteiger partial charge in [-0.2, -0.15) is 0 Å². The molecule has 294 valence electrons. The molecule has 0 bridgehead atoms.